The van der Waals surface area contributed by atoms with Gasteiger partial charge < -0.3 is 10.1 Å². The Morgan fingerprint density at radius 2 is 2.00 bits per heavy atom. The van der Waals surface area contributed by atoms with Crippen LogP contribution in [0.4, 0.5) is 10.8 Å². The lowest BCUT2D eigenvalue weighted by Gasteiger charge is -2.03. The smallest absolute Gasteiger partial charge is 0.311 e. The molecule has 1 heterocycles. The lowest BCUT2D eigenvalue weighted by atomic mass is 10.3. The van der Waals surface area contributed by atoms with Gasteiger partial charge in [0.05, 0.1) is 24.1 Å². The number of benzene rings is 1. The highest BCUT2D eigenvalue weighted by molar-refractivity contribution is 7.90. The first-order valence-corrected chi connectivity index (χ1v) is 8.74. The molecule has 1 aromatic heterocycles. The summed E-state index contributed by atoms with van der Waals surface area (Å²) in [6.45, 7) is 0. The highest BCUT2D eigenvalue weighted by Gasteiger charge is 2.09. The minimum atomic E-state index is -3.20. The summed E-state index contributed by atoms with van der Waals surface area (Å²) < 4.78 is 27.3. The summed E-state index contributed by atoms with van der Waals surface area (Å²) >= 11 is 1.36. The van der Waals surface area contributed by atoms with E-state index in [0.717, 1.165) is 11.9 Å². The van der Waals surface area contributed by atoms with Gasteiger partial charge in [-0.2, -0.15) is 0 Å². The first kappa shape index (κ1) is 15.5. The number of nitrogens with zero attached hydrogens (tertiary/aromatic N) is 1. The van der Waals surface area contributed by atoms with E-state index in [4.69, 9.17) is 0 Å². The second kappa shape index (κ2) is 6.23. The molecular formula is C13H14N2O4S2. The molecule has 1 aromatic carbocycles. The summed E-state index contributed by atoms with van der Waals surface area (Å²) in [5.41, 5.74) is 1.35. The molecule has 0 aliphatic rings. The molecule has 0 radical (unpaired) electrons. The zero-order valence-corrected chi connectivity index (χ0v) is 13.1. The van der Waals surface area contributed by atoms with Crippen LogP contribution in [-0.2, 0) is 25.8 Å². The standard InChI is InChI=1S/C13H14N2O4S2/c1-19-12(16)7-10-8-20-13(15-10)14-9-3-5-11(6-4-9)21(2,17)18/h3-6,8H,7H2,1-2H3,(H,14,15). The Bertz CT molecular complexity index is 736. The normalized spacial score (nSPS) is 11.1. The van der Waals surface area contributed by atoms with E-state index in [0.29, 0.717) is 10.8 Å². The topological polar surface area (TPSA) is 85.4 Å². The molecule has 0 spiro atoms. The van der Waals surface area contributed by atoms with Gasteiger partial charge in [0.25, 0.3) is 0 Å². The monoisotopic (exact) mass is 326 g/mol. The van der Waals surface area contributed by atoms with Crippen molar-refractivity contribution in [3.63, 3.8) is 0 Å². The average molecular weight is 326 g/mol. The molecule has 0 aliphatic heterocycles. The van der Waals surface area contributed by atoms with Gasteiger partial charge in [0.15, 0.2) is 15.0 Å². The van der Waals surface area contributed by atoms with Crippen LogP contribution < -0.4 is 5.32 Å². The molecular weight excluding hydrogens is 312 g/mol. The largest absolute Gasteiger partial charge is 0.469 e. The Hall–Kier alpha value is -1.93. The molecule has 2 rings (SSSR count). The lowest BCUT2D eigenvalue weighted by molar-refractivity contribution is -0.139. The average Bonchev–Trinajstić information content (AvgIpc) is 2.85. The number of carbonyl (C=O) groups is 1. The fourth-order valence-electron chi connectivity index (χ4n) is 1.57. The Labute approximate surface area is 126 Å². The molecule has 0 unspecified atom stereocenters. The number of aromatic nitrogens is 1. The minimum absolute atomic E-state index is 0.127. The molecule has 1 N–H and O–H groups in total. The van der Waals surface area contributed by atoms with Crippen molar-refractivity contribution < 1.29 is 17.9 Å². The lowest BCUT2D eigenvalue weighted by Crippen LogP contribution is -2.04. The number of rotatable bonds is 5. The van der Waals surface area contributed by atoms with E-state index in [1.807, 2.05) is 0 Å². The minimum Gasteiger partial charge on any atom is -0.469 e. The van der Waals surface area contributed by atoms with Crippen molar-refractivity contribution in [1.29, 1.82) is 0 Å². The van der Waals surface area contributed by atoms with Gasteiger partial charge in [-0.25, -0.2) is 13.4 Å². The van der Waals surface area contributed by atoms with Gasteiger partial charge in [-0.15, -0.1) is 11.3 Å². The summed E-state index contributed by atoms with van der Waals surface area (Å²) in [7, 11) is -1.87. The number of nitrogens with one attached hydrogen (secondary N) is 1. The molecule has 21 heavy (non-hydrogen) atoms. The fourth-order valence-corrected chi connectivity index (χ4v) is 2.94. The number of hydrogen-bond donors (Lipinski definition) is 1. The number of carbonyl (C=O) groups excluding carboxylic acids is 1. The third-order valence-corrected chi connectivity index (χ3v) is 4.57. The van der Waals surface area contributed by atoms with Gasteiger partial charge in [-0.3, -0.25) is 4.79 Å². The summed E-state index contributed by atoms with van der Waals surface area (Å²) in [5.74, 6) is -0.343. The van der Waals surface area contributed by atoms with Crippen molar-refractivity contribution in [3.8, 4) is 0 Å². The maximum Gasteiger partial charge on any atom is 0.311 e. The summed E-state index contributed by atoms with van der Waals surface area (Å²) in [5, 5.41) is 5.45. The molecule has 2 aromatic rings. The summed E-state index contributed by atoms with van der Waals surface area (Å²) in [4.78, 5) is 15.7. The van der Waals surface area contributed by atoms with E-state index in [1.165, 1.54) is 30.6 Å². The van der Waals surface area contributed by atoms with Gasteiger partial charge in [-0.05, 0) is 24.3 Å². The van der Waals surface area contributed by atoms with Crippen LogP contribution in [0, 0.1) is 0 Å². The van der Waals surface area contributed by atoms with Crippen molar-refractivity contribution >= 4 is 38.0 Å². The van der Waals surface area contributed by atoms with Crippen LogP contribution in [0.5, 0.6) is 0 Å². The van der Waals surface area contributed by atoms with Crippen LogP contribution >= 0.6 is 11.3 Å². The predicted molar refractivity (Wildman–Crippen MR) is 80.7 cm³/mol. The first-order chi connectivity index (χ1) is 9.88. The van der Waals surface area contributed by atoms with Crippen LogP contribution in [0.15, 0.2) is 34.5 Å². The summed E-state index contributed by atoms with van der Waals surface area (Å²) in [6, 6.07) is 6.39. The van der Waals surface area contributed by atoms with Gasteiger partial charge in [-0.1, -0.05) is 0 Å². The maximum atomic E-state index is 11.4. The van der Waals surface area contributed by atoms with E-state index < -0.39 is 9.84 Å². The van der Waals surface area contributed by atoms with Gasteiger partial charge in [0, 0.05) is 17.3 Å². The zero-order chi connectivity index (χ0) is 15.5. The third kappa shape index (κ3) is 4.27. The van der Waals surface area contributed by atoms with Gasteiger partial charge in [0.1, 0.15) is 0 Å². The molecule has 0 bridgehead atoms. The zero-order valence-electron chi connectivity index (χ0n) is 11.5. The first-order valence-electron chi connectivity index (χ1n) is 5.97. The van der Waals surface area contributed by atoms with Crippen LogP contribution in [0.2, 0.25) is 0 Å². The van der Waals surface area contributed by atoms with Gasteiger partial charge >= 0.3 is 5.97 Å². The molecule has 112 valence electrons. The fraction of sp³-hybridized carbons (Fsp3) is 0.231. The Kier molecular flexibility index (Phi) is 4.59. The molecule has 6 nitrogen and oxygen atoms in total. The number of methoxy groups -OCH3 is 1. The number of sulfone groups is 1. The highest BCUT2D eigenvalue weighted by Crippen LogP contribution is 2.22. The van der Waals surface area contributed by atoms with E-state index in [1.54, 1.807) is 17.5 Å². The molecule has 0 amide bonds. The Morgan fingerprint density at radius 1 is 1.33 bits per heavy atom. The van der Waals surface area contributed by atoms with Crippen LogP contribution in [0.3, 0.4) is 0 Å². The number of ether oxygens (including phenoxy) is 1. The second-order valence-corrected chi connectivity index (χ2v) is 7.19. The number of anilines is 2. The van der Waals surface area contributed by atoms with E-state index >= 15 is 0 Å². The van der Waals surface area contributed by atoms with E-state index in [-0.39, 0.29) is 17.3 Å². The maximum absolute atomic E-state index is 11.4. The quantitative estimate of drug-likeness (QED) is 0.846. The van der Waals surface area contributed by atoms with E-state index in [9.17, 15) is 13.2 Å². The molecule has 8 heteroatoms. The SMILES string of the molecule is COC(=O)Cc1csc(Nc2ccc(S(C)(=O)=O)cc2)n1. The molecule has 0 saturated carbocycles. The van der Waals surface area contributed by atoms with Crippen molar-refractivity contribution in [2.45, 2.75) is 11.3 Å². The molecule has 0 atom stereocenters. The molecule has 0 fully saturated rings. The molecule has 0 saturated heterocycles. The Balaban J connectivity index is 2.07. The second-order valence-electron chi connectivity index (χ2n) is 4.32. The van der Waals surface area contributed by atoms with E-state index in [2.05, 4.69) is 15.0 Å². The van der Waals surface area contributed by atoms with Crippen molar-refractivity contribution in [1.82, 2.24) is 4.98 Å². The van der Waals surface area contributed by atoms with Crippen LogP contribution in [0.1, 0.15) is 5.69 Å². The van der Waals surface area contributed by atoms with Crippen LogP contribution in [0.25, 0.3) is 0 Å². The third-order valence-electron chi connectivity index (χ3n) is 2.64. The number of esters is 1. The predicted octanol–water partition coefficient (Wildman–Crippen LogP) is 2.01. The van der Waals surface area contributed by atoms with Gasteiger partial charge in [0.2, 0.25) is 0 Å². The number of hydrogen-bond acceptors (Lipinski definition) is 7. The molecule has 0 aliphatic carbocycles. The Morgan fingerprint density at radius 3 is 2.57 bits per heavy atom. The van der Waals surface area contributed by atoms with Crippen LogP contribution in [-0.4, -0.2) is 32.7 Å². The number of thiazole rings is 1. The van der Waals surface area contributed by atoms with Crippen molar-refractivity contribution in [3.05, 3.63) is 35.3 Å². The van der Waals surface area contributed by atoms with Crippen molar-refractivity contribution in [2.24, 2.45) is 0 Å². The van der Waals surface area contributed by atoms with Crippen molar-refractivity contribution in [2.75, 3.05) is 18.7 Å². The summed E-state index contributed by atoms with van der Waals surface area (Å²) in [6.07, 6.45) is 1.29. The highest BCUT2D eigenvalue weighted by atomic mass is 32.2.